The molecule has 4 rings (SSSR count). The second kappa shape index (κ2) is 7.27. The molecule has 148 valence electrons. The summed E-state index contributed by atoms with van der Waals surface area (Å²) in [5.74, 6) is 2.29. The molecule has 28 heavy (non-hydrogen) atoms. The number of carbonyl (C=O) groups is 1. The van der Waals surface area contributed by atoms with Crippen LogP contribution in [-0.4, -0.2) is 58.8 Å². The Morgan fingerprint density at radius 2 is 2.14 bits per heavy atom. The first-order valence-corrected chi connectivity index (χ1v) is 9.34. The molecule has 3 aromatic heterocycles. The van der Waals surface area contributed by atoms with E-state index in [9.17, 15) is 4.79 Å². The lowest BCUT2D eigenvalue weighted by atomic mass is 10.1. The van der Waals surface area contributed by atoms with E-state index in [0.717, 1.165) is 28.6 Å². The van der Waals surface area contributed by atoms with Crippen LogP contribution in [0.5, 0.6) is 0 Å². The molecule has 10 nitrogen and oxygen atoms in total. The molecule has 1 aliphatic rings. The van der Waals surface area contributed by atoms with Crippen molar-refractivity contribution in [3.8, 4) is 0 Å². The monoisotopic (exact) mass is 384 g/mol. The third-order valence-corrected chi connectivity index (χ3v) is 5.30. The summed E-state index contributed by atoms with van der Waals surface area (Å²) in [6.45, 7) is 7.53. The summed E-state index contributed by atoms with van der Waals surface area (Å²) in [4.78, 5) is 23.4. The average Bonchev–Trinajstić information content (AvgIpc) is 3.29. The summed E-state index contributed by atoms with van der Waals surface area (Å²) in [6, 6.07) is 0.115. The second-order valence-corrected chi connectivity index (χ2v) is 7.19. The minimum absolute atomic E-state index is 0.104. The summed E-state index contributed by atoms with van der Waals surface area (Å²) in [5.41, 5.74) is 2.91. The first-order chi connectivity index (χ1) is 13.5. The van der Waals surface area contributed by atoms with Crippen molar-refractivity contribution in [2.45, 2.75) is 52.8 Å². The Kier molecular flexibility index (Phi) is 4.80. The molecule has 1 aliphatic heterocycles. The molecule has 0 saturated carbocycles. The minimum atomic E-state index is 0.104. The van der Waals surface area contributed by atoms with E-state index in [2.05, 4.69) is 36.8 Å². The quantitative estimate of drug-likeness (QED) is 0.647. The highest BCUT2D eigenvalue weighted by Crippen LogP contribution is 2.23. The van der Waals surface area contributed by atoms with E-state index in [-0.39, 0.29) is 11.9 Å². The molecule has 1 atom stereocenters. The Bertz CT molecular complexity index is 1020. The zero-order chi connectivity index (χ0) is 19.8. The number of hydrogen-bond donors (Lipinski definition) is 0. The van der Waals surface area contributed by atoms with Crippen molar-refractivity contribution in [1.29, 1.82) is 0 Å². The van der Waals surface area contributed by atoms with Gasteiger partial charge in [0.2, 0.25) is 5.91 Å². The van der Waals surface area contributed by atoms with E-state index < -0.39 is 0 Å². The zero-order valence-electron chi connectivity index (χ0n) is 16.6. The lowest BCUT2D eigenvalue weighted by Crippen LogP contribution is -2.41. The third kappa shape index (κ3) is 3.13. The van der Waals surface area contributed by atoms with Gasteiger partial charge in [0.15, 0.2) is 11.6 Å². The summed E-state index contributed by atoms with van der Waals surface area (Å²) in [5, 5.41) is 12.7. The first-order valence-electron chi connectivity index (χ1n) is 9.34. The molecule has 0 spiro atoms. The van der Waals surface area contributed by atoms with Gasteiger partial charge in [0.1, 0.15) is 12.9 Å². The average molecular weight is 384 g/mol. The van der Waals surface area contributed by atoms with Crippen molar-refractivity contribution in [1.82, 2.24) is 39.2 Å². The number of nitrogens with zero attached hydrogens (tertiary/aromatic N) is 8. The predicted molar refractivity (Wildman–Crippen MR) is 99.4 cm³/mol. The van der Waals surface area contributed by atoms with Crippen LogP contribution in [0, 0.1) is 13.8 Å². The summed E-state index contributed by atoms with van der Waals surface area (Å²) >= 11 is 0. The Labute approximate surface area is 162 Å². The van der Waals surface area contributed by atoms with Crippen molar-refractivity contribution in [2.24, 2.45) is 0 Å². The van der Waals surface area contributed by atoms with Crippen LogP contribution in [0.4, 0.5) is 0 Å². The highest BCUT2D eigenvalue weighted by Gasteiger charge is 2.29. The van der Waals surface area contributed by atoms with Gasteiger partial charge in [-0.1, -0.05) is 0 Å². The topological polar surface area (TPSA) is 103 Å². The maximum Gasteiger partial charge on any atom is 0.252 e. The molecular weight excluding hydrogens is 360 g/mol. The van der Waals surface area contributed by atoms with E-state index in [1.54, 1.807) is 11.6 Å². The maximum atomic E-state index is 12.9. The van der Waals surface area contributed by atoms with Crippen LogP contribution >= 0.6 is 0 Å². The van der Waals surface area contributed by atoms with Gasteiger partial charge in [0.05, 0.1) is 12.6 Å². The van der Waals surface area contributed by atoms with Crippen LogP contribution < -0.4 is 0 Å². The Morgan fingerprint density at radius 1 is 1.32 bits per heavy atom. The molecule has 1 amide bonds. The van der Waals surface area contributed by atoms with Gasteiger partial charge in [0.25, 0.3) is 5.78 Å². The van der Waals surface area contributed by atoms with E-state index in [1.807, 2.05) is 18.7 Å². The van der Waals surface area contributed by atoms with Crippen LogP contribution in [0.25, 0.3) is 5.78 Å². The molecule has 0 aromatic carbocycles. The van der Waals surface area contributed by atoms with Crippen molar-refractivity contribution in [3.05, 3.63) is 34.9 Å². The number of aromatic nitrogens is 7. The molecule has 0 N–H and O–H groups in total. The number of amides is 1. The number of carbonyl (C=O) groups excluding carboxylic acids is 1. The molecule has 0 unspecified atom stereocenters. The van der Waals surface area contributed by atoms with Gasteiger partial charge in [-0.3, -0.25) is 4.79 Å². The van der Waals surface area contributed by atoms with Crippen LogP contribution in [-0.2, 0) is 29.1 Å². The third-order valence-electron chi connectivity index (χ3n) is 5.30. The Hall–Kier alpha value is -2.88. The smallest absolute Gasteiger partial charge is 0.252 e. The van der Waals surface area contributed by atoms with Gasteiger partial charge >= 0.3 is 0 Å². The fourth-order valence-corrected chi connectivity index (χ4v) is 3.94. The maximum absolute atomic E-state index is 12.9. The van der Waals surface area contributed by atoms with Gasteiger partial charge in [-0.15, -0.1) is 10.2 Å². The van der Waals surface area contributed by atoms with Gasteiger partial charge in [-0.2, -0.15) is 10.1 Å². The molecule has 3 aromatic rings. The molecule has 4 heterocycles. The summed E-state index contributed by atoms with van der Waals surface area (Å²) < 4.78 is 8.98. The highest BCUT2D eigenvalue weighted by atomic mass is 16.5. The molecular formula is C18H24N8O2. The molecule has 0 aliphatic carbocycles. The van der Waals surface area contributed by atoms with Crippen molar-refractivity contribution in [3.63, 3.8) is 0 Å². The molecule has 0 saturated heterocycles. The molecule has 0 radical (unpaired) electrons. The normalized spacial score (nSPS) is 16.6. The van der Waals surface area contributed by atoms with Crippen LogP contribution in [0.15, 0.2) is 6.33 Å². The first kappa shape index (κ1) is 18.5. The van der Waals surface area contributed by atoms with Gasteiger partial charge in [0, 0.05) is 31.5 Å². The summed E-state index contributed by atoms with van der Waals surface area (Å²) in [6.07, 6.45) is 2.52. The van der Waals surface area contributed by atoms with Crippen molar-refractivity contribution < 1.29 is 9.53 Å². The van der Waals surface area contributed by atoms with Crippen LogP contribution in [0.2, 0.25) is 0 Å². The minimum Gasteiger partial charge on any atom is -0.377 e. The SMILES string of the molecule is COCc1nnc2n1[C@@H](C)CN(C(=O)CCc1c(C)nc3ncnn3c1C)C2. The standard InChI is InChI=1S/C18H24N8O2/c1-11-7-24(8-15-22-23-16(9-28-4)25(11)15)17(27)6-5-14-12(2)21-18-19-10-20-26(18)13(14)3/h10-11H,5-9H2,1-4H3/t11-/m0/s1. The number of methoxy groups -OCH3 is 1. The Balaban J connectivity index is 1.47. The summed E-state index contributed by atoms with van der Waals surface area (Å²) in [7, 11) is 1.64. The number of rotatable bonds is 5. The van der Waals surface area contributed by atoms with E-state index in [1.165, 1.54) is 6.33 Å². The number of aryl methyl sites for hydroxylation is 2. The molecule has 0 bridgehead atoms. The largest absolute Gasteiger partial charge is 0.377 e. The predicted octanol–water partition coefficient (Wildman–Crippen LogP) is 1.02. The Morgan fingerprint density at radius 3 is 2.93 bits per heavy atom. The number of ether oxygens (including phenoxy) is 1. The van der Waals surface area contributed by atoms with E-state index in [4.69, 9.17) is 4.74 Å². The van der Waals surface area contributed by atoms with E-state index >= 15 is 0 Å². The fraction of sp³-hybridized carbons (Fsp3) is 0.556. The van der Waals surface area contributed by atoms with Gasteiger partial charge < -0.3 is 14.2 Å². The van der Waals surface area contributed by atoms with Crippen LogP contribution in [0.1, 0.15) is 48.0 Å². The van der Waals surface area contributed by atoms with Crippen LogP contribution in [0.3, 0.4) is 0 Å². The van der Waals surface area contributed by atoms with Crippen molar-refractivity contribution >= 4 is 11.7 Å². The van der Waals surface area contributed by atoms with Gasteiger partial charge in [-0.25, -0.2) is 9.50 Å². The molecule has 0 fully saturated rings. The number of fused-ring (bicyclic) bond motifs is 2. The lowest BCUT2D eigenvalue weighted by Gasteiger charge is -2.32. The van der Waals surface area contributed by atoms with Crippen molar-refractivity contribution in [2.75, 3.05) is 13.7 Å². The lowest BCUT2D eigenvalue weighted by molar-refractivity contribution is -0.133. The number of hydrogen-bond acceptors (Lipinski definition) is 7. The second-order valence-electron chi connectivity index (χ2n) is 7.19. The highest BCUT2D eigenvalue weighted by molar-refractivity contribution is 5.76. The molecule has 10 heteroatoms. The zero-order valence-corrected chi connectivity index (χ0v) is 16.6. The fourth-order valence-electron chi connectivity index (χ4n) is 3.94. The van der Waals surface area contributed by atoms with E-state index in [0.29, 0.717) is 38.3 Å². The van der Waals surface area contributed by atoms with Gasteiger partial charge in [-0.05, 0) is 32.8 Å².